The van der Waals surface area contributed by atoms with Gasteiger partial charge in [0, 0.05) is 31.0 Å². The van der Waals surface area contributed by atoms with Crippen molar-refractivity contribution >= 4 is 23.4 Å². The van der Waals surface area contributed by atoms with Gasteiger partial charge in [0.15, 0.2) is 0 Å². The second kappa shape index (κ2) is 8.73. The first-order chi connectivity index (χ1) is 12.0. The molecule has 2 N–H and O–H groups in total. The highest BCUT2D eigenvalue weighted by Crippen LogP contribution is 2.14. The number of esters is 1. The number of hydrogen-bond acceptors (Lipinski definition) is 4. The molecule has 132 valence electrons. The number of ether oxygens (including phenoxy) is 1. The van der Waals surface area contributed by atoms with Gasteiger partial charge in [0.2, 0.25) is 0 Å². The maximum Gasteiger partial charge on any atom is 0.337 e. The number of hydrogen-bond donors (Lipinski definition) is 2. The fraction of sp³-hybridized carbons (Fsp3) is 0.263. The second-order valence-electron chi connectivity index (χ2n) is 5.70. The first-order valence-electron chi connectivity index (χ1n) is 8.02. The molecule has 2 rings (SSSR count). The molecule has 0 heterocycles. The minimum absolute atomic E-state index is 0.134. The van der Waals surface area contributed by atoms with Crippen molar-refractivity contribution in [3.05, 3.63) is 60.2 Å². The lowest BCUT2D eigenvalue weighted by Gasteiger charge is -2.27. The summed E-state index contributed by atoms with van der Waals surface area (Å²) in [5.41, 5.74) is 2.14. The maximum atomic E-state index is 12.0. The quantitative estimate of drug-likeness (QED) is 0.792. The number of urea groups is 1. The van der Waals surface area contributed by atoms with E-state index < -0.39 is 5.97 Å². The molecule has 6 nitrogen and oxygen atoms in total. The molecule has 0 fully saturated rings. The molecule has 2 aromatic rings. The summed E-state index contributed by atoms with van der Waals surface area (Å²) in [4.78, 5) is 25.5. The van der Waals surface area contributed by atoms with Gasteiger partial charge in [-0.25, -0.2) is 9.59 Å². The van der Waals surface area contributed by atoms with Gasteiger partial charge in [0.25, 0.3) is 0 Å². The number of amides is 2. The van der Waals surface area contributed by atoms with E-state index in [2.05, 4.69) is 20.3 Å². The standard InChI is InChI=1S/C19H23N3O3/c1-14(22(2)17-7-5-4-6-8-17)13-20-19(24)21-16-11-9-15(10-12-16)18(23)25-3/h4-12,14H,13H2,1-3H3,(H2,20,21,24)/t14-/m0/s1. The molecule has 6 heteroatoms. The van der Waals surface area contributed by atoms with Crippen molar-refractivity contribution in [2.24, 2.45) is 0 Å². The lowest BCUT2D eigenvalue weighted by atomic mass is 10.2. The number of likely N-dealkylation sites (N-methyl/N-ethyl adjacent to an activating group) is 1. The summed E-state index contributed by atoms with van der Waals surface area (Å²) in [5, 5.41) is 5.59. The minimum atomic E-state index is -0.409. The van der Waals surface area contributed by atoms with Gasteiger partial charge in [-0.1, -0.05) is 18.2 Å². The summed E-state index contributed by atoms with van der Waals surface area (Å²) < 4.78 is 4.64. The Morgan fingerprint density at radius 2 is 1.72 bits per heavy atom. The molecule has 0 aliphatic carbocycles. The van der Waals surface area contributed by atoms with Gasteiger partial charge in [-0.05, 0) is 43.3 Å². The second-order valence-corrected chi connectivity index (χ2v) is 5.70. The van der Waals surface area contributed by atoms with Gasteiger partial charge >= 0.3 is 12.0 Å². The number of anilines is 2. The molecule has 2 amide bonds. The molecule has 0 aliphatic rings. The molecule has 0 unspecified atom stereocenters. The number of nitrogens with zero attached hydrogens (tertiary/aromatic N) is 1. The summed E-state index contributed by atoms with van der Waals surface area (Å²) in [7, 11) is 3.32. The highest BCUT2D eigenvalue weighted by Gasteiger charge is 2.11. The molecule has 0 bridgehead atoms. The molecule has 0 saturated carbocycles. The Labute approximate surface area is 147 Å². The van der Waals surface area contributed by atoms with Crippen molar-refractivity contribution in [2.75, 3.05) is 30.9 Å². The molecule has 0 radical (unpaired) electrons. The predicted molar refractivity (Wildman–Crippen MR) is 99.1 cm³/mol. The van der Waals surface area contributed by atoms with Crippen LogP contribution < -0.4 is 15.5 Å². The smallest absolute Gasteiger partial charge is 0.337 e. The van der Waals surface area contributed by atoms with Crippen molar-refractivity contribution in [1.82, 2.24) is 5.32 Å². The van der Waals surface area contributed by atoms with E-state index in [1.165, 1.54) is 7.11 Å². The fourth-order valence-corrected chi connectivity index (χ4v) is 2.28. The van der Waals surface area contributed by atoms with E-state index in [9.17, 15) is 9.59 Å². The topological polar surface area (TPSA) is 70.7 Å². The first kappa shape index (κ1) is 18.3. The molecular weight excluding hydrogens is 318 g/mol. The Morgan fingerprint density at radius 3 is 2.32 bits per heavy atom. The molecule has 0 spiro atoms. The lowest BCUT2D eigenvalue weighted by molar-refractivity contribution is 0.0601. The van der Waals surface area contributed by atoms with Gasteiger partial charge in [-0.15, -0.1) is 0 Å². The zero-order valence-electron chi connectivity index (χ0n) is 14.7. The minimum Gasteiger partial charge on any atom is -0.465 e. The highest BCUT2D eigenvalue weighted by atomic mass is 16.5. The molecule has 2 aromatic carbocycles. The summed E-state index contributed by atoms with van der Waals surface area (Å²) in [6.45, 7) is 2.54. The summed E-state index contributed by atoms with van der Waals surface area (Å²) in [6, 6.07) is 16.4. The van der Waals surface area contributed by atoms with Crippen LogP contribution >= 0.6 is 0 Å². The van der Waals surface area contributed by atoms with Crippen molar-refractivity contribution in [2.45, 2.75) is 13.0 Å². The van der Waals surface area contributed by atoms with E-state index in [0.29, 0.717) is 17.8 Å². The predicted octanol–water partition coefficient (Wildman–Crippen LogP) is 3.12. The summed E-state index contributed by atoms with van der Waals surface area (Å²) >= 11 is 0. The Bertz CT molecular complexity index is 702. The van der Waals surface area contributed by atoms with Crippen LogP contribution in [0.25, 0.3) is 0 Å². The van der Waals surface area contributed by atoms with Crippen LogP contribution in [0, 0.1) is 0 Å². The maximum absolute atomic E-state index is 12.0. The number of carbonyl (C=O) groups excluding carboxylic acids is 2. The van der Waals surface area contributed by atoms with E-state index in [1.54, 1.807) is 24.3 Å². The Hall–Kier alpha value is -3.02. The largest absolute Gasteiger partial charge is 0.465 e. The highest BCUT2D eigenvalue weighted by molar-refractivity contribution is 5.92. The fourth-order valence-electron chi connectivity index (χ4n) is 2.28. The number of para-hydroxylation sites is 1. The third-order valence-electron chi connectivity index (χ3n) is 3.95. The van der Waals surface area contributed by atoms with E-state index in [4.69, 9.17) is 0 Å². The van der Waals surface area contributed by atoms with Crippen LogP contribution in [0.4, 0.5) is 16.2 Å². The van der Waals surface area contributed by atoms with Gasteiger partial charge in [0.05, 0.1) is 12.7 Å². The van der Waals surface area contributed by atoms with Crippen LogP contribution in [0.15, 0.2) is 54.6 Å². The van der Waals surface area contributed by atoms with Gasteiger partial charge < -0.3 is 20.3 Å². The SMILES string of the molecule is COC(=O)c1ccc(NC(=O)NC[C@H](C)N(C)c2ccccc2)cc1. The monoisotopic (exact) mass is 341 g/mol. The Kier molecular flexibility index (Phi) is 6.39. The summed E-state index contributed by atoms with van der Waals surface area (Å²) in [5.74, 6) is -0.409. The Balaban J connectivity index is 1.83. The number of rotatable bonds is 6. The van der Waals surface area contributed by atoms with Crippen molar-refractivity contribution in [3.8, 4) is 0 Å². The molecule has 0 saturated heterocycles. The summed E-state index contributed by atoms with van der Waals surface area (Å²) in [6.07, 6.45) is 0. The van der Waals surface area contributed by atoms with E-state index in [-0.39, 0.29) is 12.1 Å². The number of benzene rings is 2. The van der Waals surface area contributed by atoms with Crippen LogP contribution in [0.2, 0.25) is 0 Å². The van der Waals surface area contributed by atoms with Gasteiger partial charge in [0.1, 0.15) is 0 Å². The third-order valence-corrected chi connectivity index (χ3v) is 3.95. The number of methoxy groups -OCH3 is 1. The van der Waals surface area contributed by atoms with Gasteiger partial charge in [-0.2, -0.15) is 0 Å². The molecule has 0 aromatic heterocycles. The lowest BCUT2D eigenvalue weighted by Crippen LogP contribution is -2.41. The average molecular weight is 341 g/mol. The molecule has 0 aliphatic heterocycles. The van der Waals surface area contributed by atoms with Crippen molar-refractivity contribution in [1.29, 1.82) is 0 Å². The van der Waals surface area contributed by atoms with Crippen LogP contribution in [-0.4, -0.2) is 38.7 Å². The van der Waals surface area contributed by atoms with Crippen LogP contribution in [0.5, 0.6) is 0 Å². The van der Waals surface area contributed by atoms with E-state index in [0.717, 1.165) is 5.69 Å². The normalized spacial score (nSPS) is 11.3. The van der Waals surface area contributed by atoms with Gasteiger partial charge in [-0.3, -0.25) is 0 Å². The molecule has 25 heavy (non-hydrogen) atoms. The zero-order valence-corrected chi connectivity index (χ0v) is 14.7. The van der Waals surface area contributed by atoms with Crippen LogP contribution in [0.3, 0.4) is 0 Å². The van der Waals surface area contributed by atoms with Crippen LogP contribution in [-0.2, 0) is 4.74 Å². The Morgan fingerprint density at radius 1 is 1.08 bits per heavy atom. The van der Waals surface area contributed by atoms with Crippen molar-refractivity contribution < 1.29 is 14.3 Å². The molecular formula is C19H23N3O3. The zero-order chi connectivity index (χ0) is 18.2. The van der Waals surface area contributed by atoms with E-state index >= 15 is 0 Å². The first-order valence-corrected chi connectivity index (χ1v) is 8.02. The number of carbonyl (C=O) groups is 2. The molecule has 1 atom stereocenters. The number of nitrogens with one attached hydrogen (secondary N) is 2. The van der Waals surface area contributed by atoms with Crippen molar-refractivity contribution in [3.63, 3.8) is 0 Å². The van der Waals surface area contributed by atoms with Crippen LogP contribution in [0.1, 0.15) is 17.3 Å². The third kappa shape index (κ3) is 5.24. The van der Waals surface area contributed by atoms with E-state index in [1.807, 2.05) is 44.3 Å². The average Bonchev–Trinajstić information content (AvgIpc) is 2.66.